The summed E-state index contributed by atoms with van der Waals surface area (Å²) >= 11 is 3.45. The van der Waals surface area contributed by atoms with Crippen molar-refractivity contribution >= 4 is 21.6 Å². The topological polar surface area (TPSA) is 12.0 Å². The van der Waals surface area contributed by atoms with Crippen LogP contribution in [0.2, 0.25) is 0 Å². The SMILES string of the molecule is Cc1cc(F)c(NC2CCc3cc(Br)ccc32)cc1F. The van der Waals surface area contributed by atoms with Crippen LogP contribution < -0.4 is 5.32 Å². The molecular formula is C16H14BrF2N. The van der Waals surface area contributed by atoms with E-state index in [-0.39, 0.29) is 17.5 Å². The van der Waals surface area contributed by atoms with Gasteiger partial charge in [0.2, 0.25) is 0 Å². The average Bonchev–Trinajstić information content (AvgIpc) is 2.78. The number of benzene rings is 2. The third-order valence-electron chi connectivity index (χ3n) is 3.76. The van der Waals surface area contributed by atoms with E-state index in [1.807, 2.05) is 12.1 Å². The Morgan fingerprint density at radius 3 is 2.75 bits per heavy atom. The fourth-order valence-corrected chi connectivity index (χ4v) is 3.09. The van der Waals surface area contributed by atoms with Gasteiger partial charge in [0.05, 0.1) is 11.7 Å². The van der Waals surface area contributed by atoms with E-state index in [1.165, 1.54) is 17.7 Å². The highest BCUT2D eigenvalue weighted by molar-refractivity contribution is 9.10. The zero-order valence-corrected chi connectivity index (χ0v) is 12.6. The van der Waals surface area contributed by atoms with Crippen LogP contribution in [0.5, 0.6) is 0 Å². The molecule has 0 amide bonds. The Hall–Kier alpha value is -1.42. The molecule has 0 heterocycles. The summed E-state index contributed by atoms with van der Waals surface area (Å²) < 4.78 is 28.5. The van der Waals surface area contributed by atoms with Gasteiger partial charge in [0.1, 0.15) is 11.6 Å². The molecule has 1 aliphatic rings. The second-order valence-corrected chi connectivity index (χ2v) is 6.08. The van der Waals surface area contributed by atoms with Crippen LogP contribution in [-0.4, -0.2) is 0 Å². The molecule has 104 valence electrons. The lowest BCUT2D eigenvalue weighted by molar-refractivity contribution is 0.591. The predicted octanol–water partition coefficient (Wildman–Crippen LogP) is 5.14. The fraction of sp³-hybridized carbons (Fsp3) is 0.250. The summed E-state index contributed by atoms with van der Waals surface area (Å²) in [5.41, 5.74) is 2.97. The minimum Gasteiger partial charge on any atom is -0.376 e. The number of hydrogen-bond donors (Lipinski definition) is 1. The number of aryl methyl sites for hydroxylation is 2. The first-order valence-corrected chi connectivity index (χ1v) is 7.34. The number of hydrogen-bond acceptors (Lipinski definition) is 1. The number of halogens is 3. The molecule has 0 fully saturated rings. The minimum absolute atomic E-state index is 0.0368. The molecule has 1 nitrogen and oxygen atoms in total. The maximum absolute atomic E-state index is 13.9. The summed E-state index contributed by atoms with van der Waals surface area (Å²) in [6.07, 6.45) is 1.84. The van der Waals surface area contributed by atoms with Crippen molar-refractivity contribution in [1.29, 1.82) is 0 Å². The zero-order chi connectivity index (χ0) is 14.3. The minimum atomic E-state index is -0.408. The summed E-state index contributed by atoms with van der Waals surface area (Å²) in [7, 11) is 0. The summed E-state index contributed by atoms with van der Waals surface area (Å²) in [4.78, 5) is 0. The van der Waals surface area contributed by atoms with Crippen LogP contribution in [0.15, 0.2) is 34.8 Å². The zero-order valence-electron chi connectivity index (χ0n) is 11.0. The molecule has 3 rings (SSSR count). The van der Waals surface area contributed by atoms with E-state index in [0.29, 0.717) is 5.56 Å². The smallest absolute Gasteiger partial charge is 0.146 e. The van der Waals surface area contributed by atoms with Crippen LogP contribution in [0.1, 0.15) is 29.2 Å². The van der Waals surface area contributed by atoms with E-state index in [0.717, 1.165) is 22.9 Å². The van der Waals surface area contributed by atoms with Gasteiger partial charge in [-0.1, -0.05) is 22.0 Å². The van der Waals surface area contributed by atoms with Gasteiger partial charge in [0.15, 0.2) is 0 Å². The lowest BCUT2D eigenvalue weighted by atomic mass is 10.1. The van der Waals surface area contributed by atoms with Gasteiger partial charge in [-0.25, -0.2) is 8.78 Å². The fourth-order valence-electron chi connectivity index (χ4n) is 2.68. The van der Waals surface area contributed by atoms with Gasteiger partial charge in [-0.05, 0) is 54.7 Å². The van der Waals surface area contributed by atoms with Crippen molar-refractivity contribution in [2.45, 2.75) is 25.8 Å². The van der Waals surface area contributed by atoms with Crippen LogP contribution in [0.4, 0.5) is 14.5 Å². The number of anilines is 1. The molecule has 1 atom stereocenters. The van der Waals surface area contributed by atoms with Crippen molar-refractivity contribution in [3.05, 3.63) is 63.1 Å². The summed E-state index contributed by atoms with van der Waals surface area (Å²) in [5.74, 6) is -0.794. The first-order chi connectivity index (χ1) is 9.54. The van der Waals surface area contributed by atoms with E-state index in [2.05, 4.69) is 27.3 Å². The van der Waals surface area contributed by atoms with E-state index >= 15 is 0 Å². The molecule has 0 bridgehead atoms. The first kappa shape index (κ1) is 13.6. The third-order valence-corrected chi connectivity index (χ3v) is 4.25. The second kappa shape index (κ2) is 5.17. The highest BCUT2D eigenvalue weighted by Gasteiger charge is 2.23. The standard InChI is InChI=1S/C16H14BrF2N/c1-9-6-14(19)16(8-13(9)18)20-15-5-2-10-7-11(17)3-4-12(10)15/h3-4,6-8,15,20H,2,5H2,1H3. The second-order valence-electron chi connectivity index (χ2n) is 5.16. The molecule has 1 unspecified atom stereocenters. The van der Waals surface area contributed by atoms with Crippen molar-refractivity contribution < 1.29 is 8.78 Å². The molecule has 0 spiro atoms. The van der Waals surface area contributed by atoms with Crippen molar-refractivity contribution in [3.63, 3.8) is 0 Å². The van der Waals surface area contributed by atoms with E-state index in [4.69, 9.17) is 0 Å². The largest absolute Gasteiger partial charge is 0.376 e. The Morgan fingerprint density at radius 2 is 1.95 bits per heavy atom. The molecule has 0 radical (unpaired) electrons. The van der Waals surface area contributed by atoms with Crippen molar-refractivity contribution in [2.24, 2.45) is 0 Å². The van der Waals surface area contributed by atoms with E-state index in [1.54, 1.807) is 6.92 Å². The van der Waals surface area contributed by atoms with Gasteiger partial charge in [-0.3, -0.25) is 0 Å². The summed E-state index contributed by atoms with van der Waals surface area (Å²) in [6, 6.07) is 8.60. The normalized spacial score (nSPS) is 17.1. The van der Waals surface area contributed by atoms with Crippen molar-refractivity contribution in [2.75, 3.05) is 5.32 Å². The highest BCUT2D eigenvalue weighted by Crippen LogP contribution is 2.36. The quantitative estimate of drug-likeness (QED) is 0.800. The molecule has 20 heavy (non-hydrogen) atoms. The van der Waals surface area contributed by atoms with Gasteiger partial charge in [0.25, 0.3) is 0 Å². The number of nitrogens with one attached hydrogen (secondary N) is 1. The molecule has 1 aliphatic carbocycles. The molecule has 0 aliphatic heterocycles. The molecule has 0 saturated carbocycles. The van der Waals surface area contributed by atoms with Crippen LogP contribution >= 0.6 is 15.9 Å². The molecule has 0 aromatic heterocycles. The lowest BCUT2D eigenvalue weighted by Crippen LogP contribution is -2.09. The maximum atomic E-state index is 13.9. The lowest BCUT2D eigenvalue weighted by Gasteiger charge is -2.17. The highest BCUT2D eigenvalue weighted by atomic mass is 79.9. The Kier molecular flexibility index (Phi) is 3.50. The molecule has 4 heteroatoms. The first-order valence-electron chi connectivity index (χ1n) is 6.55. The Labute approximate surface area is 125 Å². The van der Waals surface area contributed by atoms with Crippen LogP contribution in [0.3, 0.4) is 0 Å². The maximum Gasteiger partial charge on any atom is 0.146 e. The molecule has 2 aromatic rings. The third kappa shape index (κ3) is 2.44. The van der Waals surface area contributed by atoms with Gasteiger partial charge in [0, 0.05) is 10.5 Å². The summed E-state index contributed by atoms with van der Waals surface area (Å²) in [6.45, 7) is 1.56. The molecule has 1 N–H and O–H groups in total. The van der Waals surface area contributed by atoms with Crippen LogP contribution in [-0.2, 0) is 6.42 Å². The number of fused-ring (bicyclic) bond motifs is 1. The molecular weight excluding hydrogens is 324 g/mol. The van der Waals surface area contributed by atoms with Crippen molar-refractivity contribution in [1.82, 2.24) is 0 Å². The van der Waals surface area contributed by atoms with Crippen LogP contribution in [0.25, 0.3) is 0 Å². The summed E-state index contributed by atoms with van der Waals surface area (Å²) in [5, 5.41) is 3.12. The van der Waals surface area contributed by atoms with Gasteiger partial charge in [-0.15, -0.1) is 0 Å². The van der Waals surface area contributed by atoms with E-state index < -0.39 is 5.82 Å². The molecule has 2 aromatic carbocycles. The molecule has 0 saturated heterocycles. The Morgan fingerprint density at radius 1 is 1.15 bits per heavy atom. The monoisotopic (exact) mass is 337 g/mol. The Balaban J connectivity index is 1.89. The van der Waals surface area contributed by atoms with Gasteiger partial charge < -0.3 is 5.32 Å². The van der Waals surface area contributed by atoms with Crippen molar-refractivity contribution in [3.8, 4) is 0 Å². The number of rotatable bonds is 2. The predicted molar refractivity (Wildman–Crippen MR) is 79.9 cm³/mol. The van der Waals surface area contributed by atoms with Crippen LogP contribution in [0, 0.1) is 18.6 Å². The van der Waals surface area contributed by atoms with Gasteiger partial charge in [-0.2, -0.15) is 0 Å². The Bertz CT molecular complexity index is 670. The average molecular weight is 338 g/mol. The van der Waals surface area contributed by atoms with E-state index in [9.17, 15) is 8.78 Å². The van der Waals surface area contributed by atoms with Gasteiger partial charge >= 0.3 is 0 Å².